The summed E-state index contributed by atoms with van der Waals surface area (Å²) in [7, 11) is 1.68. The molecule has 0 unspecified atom stereocenters. The minimum atomic E-state index is -0.835. The van der Waals surface area contributed by atoms with Gasteiger partial charge in [0, 0.05) is 5.56 Å². The molecule has 1 N–H and O–H groups in total. The van der Waals surface area contributed by atoms with E-state index in [1.165, 1.54) is 5.56 Å². The molecule has 1 fully saturated rings. The largest absolute Gasteiger partial charge is 0.496 e. The van der Waals surface area contributed by atoms with E-state index in [1.807, 2.05) is 13.8 Å². The first-order chi connectivity index (χ1) is 8.82. The van der Waals surface area contributed by atoms with E-state index in [9.17, 15) is 5.11 Å². The Kier molecular flexibility index (Phi) is 3.63. The maximum atomic E-state index is 10.5. The predicted octanol–water partition coefficient (Wildman–Crippen LogP) is 2.86. The van der Waals surface area contributed by atoms with E-state index in [0.717, 1.165) is 11.3 Å². The van der Waals surface area contributed by atoms with Gasteiger partial charge in [-0.15, -0.1) is 0 Å². The Morgan fingerprint density at radius 1 is 1.32 bits per heavy atom. The molecule has 1 aliphatic rings. The summed E-state index contributed by atoms with van der Waals surface area (Å²) >= 11 is 0. The monoisotopic (exact) mass is 264 g/mol. The molecule has 0 aliphatic carbocycles. The summed E-state index contributed by atoms with van der Waals surface area (Å²) in [6.45, 7) is 9.07. The third kappa shape index (κ3) is 2.26. The maximum absolute atomic E-state index is 10.5. The smallest absolute Gasteiger partial charge is 0.123 e. The maximum Gasteiger partial charge on any atom is 0.123 e. The van der Waals surface area contributed by atoms with Gasteiger partial charge in [-0.05, 0) is 31.4 Å². The highest BCUT2D eigenvalue weighted by molar-refractivity contribution is 5.46. The van der Waals surface area contributed by atoms with Gasteiger partial charge in [0.05, 0.1) is 31.3 Å². The number of ether oxygens (including phenoxy) is 2. The highest BCUT2D eigenvalue weighted by Gasteiger charge is 2.53. The van der Waals surface area contributed by atoms with Crippen molar-refractivity contribution < 1.29 is 14.6 Å². The van der Waals surface area contributed by atoms with Crippen LogP contribution in [-0.4, -0.2) is 31.0 Å². The van der Waals surface area contributed by atoms with Crippen LogP contribution in [-0.2, 0) is 10.2 Å². The van der Waals surface area contributed by atoms with Gasteiger partial charge in [-0.2, -0.15) is 0 Å². The average Bonchev–Trinajstić information content (AvgIpc) is 2.25. The molecule has 0 bridgehead atoms. The summed E-state index contributed by atoms with van der Waals surface area (Å²) < 4.78 is 10.9. The SMILES string of the molecule is COc1cc(C(C)C)ccc1C1(C(C)(C)O)COC1. The third-order valence-electron chi connectivity index (χ3n) is 4.28. The lowest BCUT2D eigenvalue weighted by atomic mass is 9.66. The van der Waals surface area contributed by atoms with Crippen LogP contribution in [0, 0.1) is 0 Å². The zero-order valence-corrected chi connectivity index (χ0v) is 12.5. The predicted molar refractivity (Wildman–Crippen MR) is 75.9 cm³/mol. The number of hydrogen-bond acceptors (Lipinski definition) is 3. The standard InChI is InChI=1S/C16H24O3/c1-11(2)12-6-7-13(14(8-12)18-5)16(9-19-10-16)15(3,4)17/h6-8,11,17H,9-10H2,1-5H3. The normalized spacial score (nSPS) is 18.3. The summed E-state index contributed by atoms with van der Waals surface area (Å²) in [4.78, 5) is 0. The van der Waals surface area contributed by atoms with Gasteiger partial charge in [0.1, 0.15) is 5.75 Å². The van der Waals surface area contributed by atoms with Gasteiger partial charge >= 0.3 is 0 Å². The molecular weight excluding hydrogens is 240 g/mol. The van der Waals surface area contributed by atoms with Crippen LogP contribution in [0.5, 0.6) is 5.75 Å². The van der Waals surface area contributed by atoms with Gasteiger partial charge in [0.15, 0.2) is 0 Å². The van der Waals surface area contributed by atoms with E-state index in [4.69, 9.17) is 9.47 Å². The van der Waals surface area contributed by atoms with Crippen LogP contribution in [0.1, 0.15) is 44.7 Å². The van der Waals surface area contributed by atoms with Crippen LogP contribution in [0.15, 0.2) is 18.2 Å². The quantitative estimate of drug-likeness (QED) is 0.909. The minimum Gasteiger partial charge on any atom is -0.496 e. The van der Waals surface area contributed by atoms with E-state index in [0.29, 0.717) is 19.1 Å². The number of hydrogen-bond donors (Lipinski definition) is 1. The molecule has 0 aromatic heterocycles. The van der Waals surface area contributed by atoms with Crippen molar-refractivity contribution in [1.82, 2.24) is 0 Å². The van der Waals surface area contributed by atoms with Crippen LogP contribution in [0.3, 0.4) is 0 Å². The van der Waals surface area contributed by atoms with Gasteiger partial charge in [0.2, 0.25) is 0 Å². The van der Waals surface area contributed by atoms with Crippen molar-refractivity contribution in [3.63, 3.8) is 0 Å². The Balaban J connectivity index is 2.50. The average molecular weight is 264 g/mol. The zero-order valence-electron chi connectivity index (χ0n) is 12.5. The fourth-order valence-corrected chi connectivity index (χ4v) is 2.61. The van der Waals surface area contributed by atoms with E-state index in [2.05, 4.69) is 32.0 Å². The van der Waals surface area contributed by atoms with E-state index in [1.54, 1.807) is 7.11 Å². The lowest BCUT2D eigenvalue weighted by molar-refractivity contribution is -0.158. The summed E-state index contributed by atoms with van der Waals surface area (Å²) in [5.41, 5.74) is 1.08. The molecule has 1 aromatic rings. The van der Waals surface area contributed by atoms with Crippen LogP contribution in [0.4, 0.5) is 0 Å². The molecule has 0 radical (unpaired) electrons. The van der Waals surface area contributed by atoms with Crippen molar-refractivity contribution in [3.8, 4) is 5.75 Å². The van der Waals surface area contributed by atoms with Crippen molar-refractivity contribution in [1.29, 1.82) is 0 Å². The van der Waals surface area contributed by atoms with Crippen LogP contribution < -0.4 is 4.74 Å². The molecule has 1 aromatic carbocycles. The molecular formula is C16H24O3. The molecule has 0 saturated carbocycles. The van der Waals surface area contributed by atoms with Crippen molar-refractivity contribution in [2.75, 3.05) is 20.3 Å². The van der Waals surface area contributed by atoms with Gasteiger partial charge in [-0.25, -0.2) is 0 Å². The highest BCUT2D eigenvalue weighted by Crippen LogP contribution is 2.46. The van der Waals surface area contributed by atoms with Gasteiger partial charge in [-0.1, -0.05) is 26.0 Å². The molecule has 0 amide bonds. The topological polar surface area (TPSA) is 38.7 Å². The number of methoxy groups -OCH3 is 1. The van der Waals surface area contributed by atoms with Gasteiger partial charge in [0.25, 0.3) is 0 Å². The van der Waals surface area contributed by atoms with Crippen molar-refractivity contribution in [2.24, 2.45) is 0 Å². The fraction of sp³-hybridized carbons (Fsp3) is 0.625. The molecule has 3 nitrogen and oxygen atoms in total. The van der Waals surface area contributed by atoms with Gasteiger partial charge in [-0.3, -0.25) is 0 Å². The van der Waals surface area contributed by atoms with Crippen molar-refractivity contribution in [2.45, 2.75) is 44.6 Å². The molecule has 0 spiro atoms. The second-order valence-electron chi connectivity index (χ2n) is 6.25. The molecule has 19 heavy (non-hydrogen) atoms. The van der Waals surface area contributed by atoms with Crippen LogP contribution >= 0.6 is 0 Å². The van der Waals surface area contributed by atoms with Gasteiger partial charge < -0.3 is 14.6 Å². The van der Waals surface area contributed by atoms with Crippen molar-refractivity contribution >= 4 is 0 Å². The molecule has 2 rings (SSSR count). The molecule has 1 saturated heterocycles. The zero-order chi connectivity index (χ0) is 14.3. The molecule has 1 heterocycles. The first-order valence-electron chi connectivity index (χ1n) is 6.80. The molecule has 3 heteroatoms. The number of rotatable bonds is 4. The van der Waals surface area contributed by atoms with E-state index in [-0.39, 0.29) is 5.41 Å². The second kappa shape index (κ2) is 4.80. The van der Waals surface area contributed by atoms with Crippen molar-refractivity contribution in [3.05, 3.63) is 29.3 Å². The Morgan fingerprint density at radius 3 is 2.32 bits per heavy atom. The molecule has 1 aliphatic heterocycles. The Hall–Kier alpha value is -1.06. The van der Waals surface area contributed by atoms with E-state index >= 15 is 0 Å². The van der Waals surface area contributed by atoms with E-state index < -0.39 is 5.60 Å². The first-order valence-corrected chi connectivity index (χ1v) is 6.80. The first kappa shape index (κ1) is 14.4. The molecule has 0 atom stereocenters. The summed E-state index contributed by atoms with van der Waals surface area (Å²) in [6.07, 6.45) is 0. The number of benzene rings is 1. The number of aliphatic hydroxyl groups is 1. The lowest BCUT2D eigenvalue weighted by Crippen LogP contribution is -2.60. The fourth-order valence-electron chi connectivity index (χ4n) is 2.61. The lowest BCUT2D eigenvalue weighted by Gasteiger charge is -2.50. The van der Waals surface area contributed by atoms with Crippen LogP contribution in [0.25, 0.3) is 0 Å². The Labute approximate surface area is 115 Å². The Morgan fingerprint density at radius 2 is 1.95 bits per heavy atom. The van der Waals surface area contributed by atoms with Crippen LogP contribution in [0.2, 0.25) is 0 Å². The third-order valence-corrected chi connectivity index (χ3v) is 4.28. The minimum absolute atomic E-state index is 0.367. The summed E-state index contributed by atoms with van der Waals surface area (Å²) in [5.74, 6) is 1.30. The highest BCUT2D eigenvalue weighted by atomic mass is 16.5. The molecule has 106 valence electrons. The second-order valence-corrected chi connectivity index (χ2v) is 6.25. The summed E-state index contributed by atoms with van der Waals surface area (Å²) in [6, 6.07) is 6.27. The summed E-state index contributed by atoms with van der Waals surface area (Å²) in [5, 5.41) is 10.5. The Bertz CT molecular complexity index is 454.